The maximum atomic E-state index is 12.6. The van der Waals surface area contributed by atoms with Crippen LogP contribution in [0, 0.1) is 0 Å². The molecule has 126 valence electrons. The van der Waals surface area contributed by atoms with Crippen LogP contribution in [0.5, 0.6) is 0 Å². The normalized spacial score (nSPS) is 16.0. The Bertz CT molecular complexity index is 698. The zero-order valence-corrected chi connectivity index (χ0v) is 15.3. The van der Waals surface area contributed by atoms with Crippen molar-refractivity contribution in [2.24, 2.45) is 7.05 Å². The molecule has 1 aromatic heterocycles. The van der Waals surface area contributed by atoms with E-state index in [9.17, 15) is 4.79 Å². The van der Waals surface area contributed by atoms with E-state index in [1.54, 1.807) is 17.9 Å². The van der Waals surface area contributed by atoms with Crippen molar-refractivity contribution >= 4 is 27.9 Å². The maximum absolute atomic E-state index is 12.6. The molecule has 1 aliphatic heterocycles. The highest BCUT2D eigenvalue weighted by molar-refractivity contribution is 9.10. The first-order valence-corrected chi connectivity index (χ1v) is 8.85. The van der Waals surface area contributed by atoms with Crippen LogP contribution in [0.15, 0.2) is 47.1 Å². The minimum atomic E-state index is 0.0429. The third-order valence-corrected chi connectivity index (χ3v) is 4.81. The molecule has 0 unspecified atom stereocenters. The minimum Gasteiger partial charge on any atom is -0.335 e. The van der Waals surface area contributed by atoms with Crippen molar-refractivity contribution < 1.29 is 4.79 Å². The fourth-order valence-corrected chi connectivity index (χ4v) is 3.35. The lowest BCUT2D eigenvalue weighted by Crippen LogP contribution is -2.49. The maximum Gasteiger partial charge on any atom is 0.273 e. The van der Waals surface area contributed by atoms with Crippen molar-refractivity contribution in [2.75, 3.05) is 32.7 Å². The number of hydrogen-bond acceptors (Lipinski definition) is 3. The summed E-state index contributed by atoms with van der Waals surface area (Å²) in [7, 11) is 1.79. The molecule has 5 nitrogen and oxygen atoms in total. The number of amides is 1. The summed E-state index contributed by atoms with van der Waals surface area (Å²) in [5, 5.41) is 4.12. The monoisotopic (exact) mass is 388 g/mol. The van der Waals surface area contributed by atoms with Gasteiger partial charge in [0.05, 0.1) is 10.7 Å². The molecule has 0 saturated carbocycles. The zero-order valence-electron chi connectivity index (χ0n) is 13.7. The van der Waals surface area contributed by atoms with Crippen LogP contribution in [0.3, 0.4) is 0 Å². The molecule has 1 amide bonds. The number of benzene rings is 1. The van der Waals surface area contributed by atoms with Crippen molar-refractivity contribution in [3.63, 3.8) is 0 Å². The molecule has 6 heteroatoms. The van der Waals surface area contributed by atoms with Gasteiger partial charge in [0.1, 0.15) is 5.69 Å². The number of piperazine rings is 1. The van der Waals surface area contributed by atoms with Gasteiger partial charge in [-0.15, -0.1) is 0 Å². The van der Waals surface area contributed by atoms with Crippen molar-refractivity contribution in [2.45, 2.75) is 0 Å². The largest absolute Gasteiger partial charge is 0.335 e. The van der Waals surface area contributed by atoms with Gasteiger partial charge in [0.2, 0.25) is 0 Å². The molecule has 3 rings (SSSR count). The van der Waals surface area contributed by atoms with Gasteiger partial charge in [-0.25, -0.2) is 0 Å². The van der Waals surface area contributed by atoms with Crippen molar-refractivity contribution in [3.8, 4) is 0 Å². The molecule has 2 heterocycles. The molecule has 0 aliphatic carbocycles. The van der Waals surface area contributed by atoms with Crippen LogP contribution < -0.4 is 0 Å². The molecule has 0 N–H and O–H groups in total. The van der Waals surface area contributed by atoms with E-state index in [0.29, 0.717) is 5.69 Å². The van der Waals surface area contributed by atoms with Gasteiger partial charge in [-0.3, -0.25) is 14.4 Å². The minimum absolute atomic E-state index is 0.0429. The summed E-state index contributed by atoms with van der Waals surface area (Å²) in [4.78, 5) is 16.9. The Kier molecular flexibility index (Phi) is 5.48. The third-order valence-electron chi connectivity index (χ3n) is 4.23. The van der Waals surface area contributed by atoms with Gasteiger partial charge in [0, 0.05) is 39.8 Å². The summed E-state index contributed by atoms with van der Waals surface area (Å²) >= 11 is 3.40. The molecule has 0 radical (unpaired) electrons. The van der Waals surface area contributed by atoms with E-state index >= 15 is 0 Å². The summed E-state index contributed by atoms with van der Waals surface area (Å²) in [6.45, 7) is 4.18. The topological polar surface area (TPSA) is 41.4 Å². The van der Waals surface area contributed by atoms with Gasteiger partial charge in [-0.1, -0.05) is 42.5 Å². The molecule has 1 fully saturated rings. The Morgan fingerprint density at radius 1 is 1.21 bits per heavy atom. The second kappa shape index (κ2) is 7.77. The van der Waals surface area contributed by atoms with Crippen LogP contribution in [0.4, 0.5) is 0 Å². The van der Waals surface area contributed by atoms with Crippen LogP contribution in [0.2, 0.25) is 0 Å². The fraction of sp³-hybridized carbons (Fsp3) is 0.333. The van der Waals surface area contributed by atoms with Crippen LogP contribution in [-0.4, -0.2) is 58.2 Å². The summed E-state index contributed by atoms with van der Waals surface area (Å²) in [6.07, 6.45) is 5.99. The SMILES string of the molecule is Cn1ncc(Br)c1C(=O)N1CCN(C/C=C/c2ccccc2)CC1. The highest BCUT2D eigenvalue weighted by Gasteiger charge is 2.25. The van der Waals surface area contributed by atoms with Gasteiger partial charge in [-0.05, 0) is 21.5 Å². The van der Waals surface area contributed by atoms with Gasteiger partial charge in [0.15, 0.2) is 0 Å². The number of carbonyl (C=O) groups is 1. The van der Waals surface area contributed by atoms with Crippen molar-refractivity contribution in [3.05, 3.63) is 58.3 Å². The summed E-state index contributed by atoms with van der Waals surface area (Å²) in [5.41, 5.74) is 1.83. The molecule has 2 aromatic rings. The number of hydrogen-bond donors (Lipinski definition) is 0. The third kappa shape index (κ3) is 3.94. The Morgan fingerprint density at radius 3 is 2.54 bits per heavy atom. The van der Waals surface area contributed by atoms with Crippen molar-refractivity contribution in [1.29, 1.82) is 0 Å². The molecular weight excluding hydrogens is 368 g/mol. The fourth-order valence-electron chi connectivity index (χ4n) is 2.84. The Labute approximate surface area is 150 Å². The van der Waals surface area contributed by atoms with E-state index < -0.39 is 0 Å². The van der Waals surface area contributed by atoms with Crippen LogP contribution in [0.1, 0.15) is 16.1 Å². The molecule has 0 spiro atoms. The average Bonchev–Trinajstić information content (AvgIpc) is 2.94. The van der Waals surface area contributed by atoms with Crippen LogP contribution in [-0.2, 0) is 7.05 Å². The van der Waals surface area contributed by atoms with E-state index in [1.165, 1.54) is 5.56 Å². The molecule has 0 atom stereocenters. The average molecular weight is 389 g/mol. The molecular formula is C18H21BrN4O. The Hall–Kier alpha value is -1.92. The van der Waals surface area contributed by atoms with E-state index in [1.807, 2.05) is 23.1 Å². The van der Waals surface area contributed by atoms with Gasteiger partial charge in [0.25, 0.3) is 5.91 Å². The highest BCUT2D eigenvalue weighted by Crippen LogP contribution is 2.18. The zero-order chi connectivity index (χ0) is 16.9. The van der Waals surface area contributed by atoms with E-state index in [-0.39, 0.29) is 5.91 Å². The number of nitrogens with zero attached hydrogens (tertiary/aromatic N) is 4. The van der Waals surface area contributed by atoms with E-state index in [2.05, 4.69) is 50.2 Å². The number of halogens is 1. The highest BCUT2D eigenvalue weighted by atomic mass is 79.9. The van der Waals surface area contributed by atoms with E-state index in [4.69, 9.17) is 0 Å². The molecule has 1 saturated heterocycles. The molecule has 1 aromatic carbocycles. The van der Waals surface area contributed by atoms with E-state index in [0.717, 1.165) is 37.2 Å². The predicted octanol–water partition coefficient (Wildman–Crippen LogP) is 2.65. The second-order valence-corrected chi connectivity index (χ2v) is 6.72. The van der Waals surface area contributed by atoms with Gasteiger partial charge >= 0.3 is 0 Å². The Balaban J connectivity index is 1.51. The summed E-state index contributed by atoms with van der Waals surface area (Å²) in [5.74, 6) is 0.0429. The first kappa shape index (κ1) is 16.9. The summed E-state index contributed by atoms with van der Waals surface area (Å²) in [6, 6.07) is 10.3. The molecule has 0 bridgehead atoms. The lowest BCUT2D eigenvalue weighted by atomic mass is 10.2. The van der Waals surface area contributed by atoms with Crippen LogP contribution in [0.25, 0.3) is 6.08 Å². The quantitative estimate of drug-likeness (QED) is 0.808. The molecule has 24 heavy (non-hydrogen) atoms. The number of carbonyl (C=O) groups excluding carboxylic acids is 1. The summed E-state index contributed by atoms with van der Waals surface area (Å²) < 4.78 is 2.38. The number of aromatic nitrogens is 2. The first-order valence-electron chi connectivity index (χ1n) is 8.06. The Morgan fingerprint density at radius 2 is 1.92 bits per heavy atom. The van der Waals surface area contributed by atoms with Crippen molar-refractivity contribution in [1.82, 2.24) is 19.6 Å². The second-order valence-electron chi connectivity index (χ2n) is 5.87. The lowest BCUT2D eigenvalue weighted by molar-refractivity contribution is 0.0638. The standard InChI is InChI=1S/C18H21BrN4O/c1-21-17(16(19)14-20-21)18(24)23-12-10-22(11-13-23)9-5-8-15-6-3-2-4-7-15/h2-8,14H,9-13H2,1H3/b8-5+. The lowest BCUT2D eigenvalue weighted by Gasteiger charge is -2.34. The van der Waals surface area contributed by atoms with Gasteiger partial charge < -0.3 is 4.90 Å². The number of aryl methyl sites for hydroxylation is 1. The number of rotatable bonds is 4. The first-order chi connectivity index (χ1) is 11.6. The predicted molar refractivity (Wildman–Crippen MR) is 98.7 cm³/mol. The van der Waals surface area contributed by atoms with Gasteiger partial charge in [-0.2, -0.15) is 5.10 Å². The van der Waals surface area contributed by atoms with Crippen LogP contribution >= 0.6 is 15.9 Å². The molecule has 1 aliphatic rings. The smallest absolute Gasteiger partial charge is 0.273 e.